The Morgan fingerprint density at radius 3 is 2.18 bits per heavy atom. The lowest BCUT2D eigenvalue weighted by atomic mass is 9.95. The van der Waals surface area contributed by atoms with Crippen molar-refractivity contribution in [3.63, 3.8) is 0 Å². The first-order chi connectivity index (χ1) is 21.9. The molecule has 9 heteroatoms. The highest BCUT2D eigenvalue weighted by atomic mass is 32.1. The summed E-state index contributed by atoms with van der Waals surface area (Å²) >= 11 is 5.58. The quantitative estimate of drug-likeness (QED) is 0.168. The number of thiocarbonyl (C=S) groups is 1. The third kappa shape index (κ3) is 8.01. The van der Waals surface area contributed by atoms with E-state index in [2.05, 4.69) is 16.0 Å². The SMILES string of the molecule is CCOC(=O)CN1C(=O)C(NC(=O)[C@H](Cc2ccccc2)NC(=S)Nc2ccccc2)C=C(c2ccccc2)c2ccccc21. The van der Waals surface area contributed by atoms with E-state index in [9.17, 15) is 14.4 Å². The van der Waals surface area contributed by atoms with Gasteiger partial charge in [0.1, 0.15) is 18.6 Å². The number of esters is 1. The number of nitrogens with zero attached hydrogens (tertiary/aromatic N) is 1. The number of amides is 2. The van der Waals surface area contributed by atoms with Crippen molar-refractivity contribution in [3.05, 3.63) is 138 Å². The van der Waals surface area contributed by atoms with Gasteiger partial charge in [-0.15, -0.1) is 0 Å². The van der Waals surface area contributed by atoms with Crippen LogP contribution in [0.1, 0.15) is 23.6 Å². The van der Waals surface area contributed by atoms with Crippen LogP contribution in [0.25, 0.3) is 5.57 Å². The monoisotopic (exact) mass is 618 g/mol. The van der Waals surface area contributed by atoms with E-state index in [1.807, 2.05) is 109 Å². The number of anilines is 2. The molecule has 1 unspecified atom stereocenters. The minimum atomic E-state index is -1.09. The van der Waals surface area contributed by atoms with Gasteiger partial charge in [-0.1, -0.05) is 97.1 Å². The van der Waals surface area contributed by atoms with Crippen molar-refractivity contribution in [1.29, 1.82) is 0 Å². The lowest BCUT2D eigenvalue weighted by molar-refractivity contribution is -0.142. The molecule has 0 bridgehead atoms. The van der Waals surface area contributed by atoms with E-state index >= 15 is 0 Å². The fourth-order valence-corrected chi connectivity index (χ4v) is 5.44. The normalized spacial score (nSPS) is 14.7. The van der Waals surface area contributed by atoms with Crippen LogP contribution in [0.15, 0.2) is 121 Å². The van der Waals surface area contributed by atoms with Crippen LogP contribution in [0.2, 0.25) is 0 Å². The highest BCUT2D eigenvalue weighted by molar-refractivity contribution is 7.80. The number of ether oxygens (including phenoxy) is 1. The maximum atomic E-state index is 14.2. The van der Waals surface area contributed by atoms with Crippen LogP contribution in [0.3, 0.4) is 0 Å². The van der Waals surface area contributed by atoms with Gasteiger partial charge in [0.2, 0.25) is 5.91 Å². The van der Waals surface area contributed by atoms with Crippen LogP contribution in [-0.2, 0) is 25.5 Å². The van der Waals surface area contributed by atoms with Gasteiger partial charge in [-0.25, -0.2) is 0 Å². The zero-order valence-corrected chi connectivity index (χ0v) is 25.6. The van der Waals surface area contributed by atoms with E-state index in [-0.39, 0.29) is 18.3 Å². The summed E-state index contributed by atoms with van der Waals surface area (Å²) in [5.41, 5.74) is 4.61. The Bertz CT molecular complexity index is 1680. The molecule has 0 saturated heterocycles. The molecule has 0 radical (unpaired) electrons. The third-order valence-electron chi connectivity index (χ3n) is 7.26. The highest BCUT2D eigenvalue weighted by Gasteiger charge is 2.34. The predicted octanol–water partition coefficient (Wildman–Crippen LogP) is 5.11. The number of carbonyl (C=O) groups is 3. The first-order valence-corrected chi connectivity index (χ1v) is 15.1. The zero-order chi connectivity index (χ0) is 31.6. The fraction of sp³-hybridized carbons (Fsp3) is 0.167. The standard InChI is InChI=1S/C36H34N4O4S/c1-2-44-33(41)24-40-32-21-13-12-20-28(32)29(26-16-8-4-9-17-26)23-31(35(40)43)38-34(42)30(22-25-14-6-3-7-15-25)39-36(45)37-27-18-10-5-11-19-27/h3-21,23,30-31H,2,22,24H2,1H3,(H,38,42)(H2,37,39,45)/t30-,31?/m0/s1. The molecule has 0 aliphatic carbocycles. The van der Waals surface area contributed by atoms with Gasteiger partial charge in [-0.2, -0.15) is 0 Å². The summed E-state index contributed by atoms with van der Waals surface area (Å²) in [6.07, 6.45) is 2.06. The van der Waals surface area contributed by atoms with Gasteiger partial charge in [0.25, 0.3) is 5.91 Å². The van der Waals surface area contributed by atoms with E-state index in [0.29, 0.717) is 12.1 Å². The second-order valence-electron chi connectivity index (χ2n) is 10.4. The Morgan fingerprint density at radius 2 is 1.49 bits per heavy atom. The van der Waals surface area contributed by atoms with Crippen LogP contribution < -0.4 is 20.9 Å². The van der Waals surface area contributed by atoms with Gasteiger partial charge < -0.3 is 20.7 Å². The Balaban J connectivity index is 1.49. The molecule has 4 aromatic carbocycles. The van der Waals surface area contributed by atoms with Crippen molar-refractivity contribution < 1.29 is 19.1 Å². The Kier molecular flexibility index (Phi) is 10.3. The Labute approximate surface area is 268 Å². The van der Waals surface area contributed by atoms with Crippen LogP contribution in [0.5, 0.6) is 0 Å². The zero-order valence-electron chi connectivity index (χ0n) is 24.8. The molecule has 8 nitrogen and oxygen atoms in total. The van der Waals surface area contributed by atoms with E-state index in [0.717, 1.165) is 28.0 Å². The fourth-order valence-electron chi connectivity index (χ4n) is 5.18. The molecule has 5 rings (SSSR count). The predicted molar refractivity (Wildman–Crippen MR) is 181 cm³/mol. The molecule has 0 spiro atoms. The molecule has 2 atom stereocenters. The largest absolute Gasteiger partial charge is 0.465 e. The summed E-state index contributed by atoms with van der Waals surface area (Å²) in [6.45, 7) is 1.59. The molecule has 3 N–H and O–H groups in total. The molecule has 45 heavy (non-hydrogen) atoms. The molecule has 1 aliphatic rings. The summed E-state index contributed by atoms with van der Waals surface area (Å²) in [5, 5.41) is 9.49. The van der Waals surface area contributed by atoms with Crippen LogP contribution in [0.4, 0.5) is 11.4 Å². The van der Waals surface area contributed by atoms with Crippen molar-refractivity contribution in [3.8, 4) is 0 Å². The second-order valence-corrected chi connectivity index (χ2v) is 10.8. The minimum Gasteiger partial charge on any atom is -0.465 e. The molecule has 1 heterocycles. The smallest absolute Gasteiger partial charge is 0.326 e. The molecule has 228 valence electrons. The lowest BCUT2D eigenvalue weighted by Crippen LogP contribution is -2.55. The first-order valence-electron chi connectivity index (χ1n) is 14.7. The molecule has 1 aliphatic heterocycles. The van der Waals surface area contributed by atoms with Gasteiger partial charge in [0.15, 0.2) is 5.11 Å². The van der Waals surface area contributed by atoms with E-state index in [1.54, 1.807) is 19.1 Å². The average molecular weight is 619 g/mol. The third-order valence-corrected chi connectivity index (χ3v) is 7.48. The first kappa shape index (κ1) is 31.2. The number of benzene rings is 4. The van der Waals surface area contributed by atoms with E-state index in [1.165, 1.54) is 4.90 Å². The van der Waals surface area contributed by atoms with Crippen molar-refractivity contribution >= 4 is 52.1 Å². The summed E-state index contributed by atoms with van der Waals surface area (Å²) in [6, 6.07) is 34.1. The summed E-state index contributed by atoms with van der Waals surface area (Å²) in [7, 11) is 0. The van der Waals surface area contributed by atoms with Crippen LogP contribution >= 0.6 is 12.2 Å². The number of carbonyl (C=O) groups excluding carboxylic acids is 3. The summed E-state index contributed by atoms with van der Waals surface area (Å²) < 4.78 is 5.21. The number of nitrogens with one attached hydrogen (secondary N) is 3. The topological polar surface area (TPSA) is 99.8 Å². The summed E-state index contributed by atoms with van der Waals surface area (Å²) in [5.74, 6) is -1.44. The number of rotatable bonds is 10. The van der Waals surface area contributed by atoms with Gasteiger partial charge in [0.05, 0.1) is 12.3 Å². The molecule has 0 aromatic heterocycles. The number of fused-ring (bicyclic) bond motifs is 1. The Morgan fingerprint density at radius 1 is 0.867 bits per heavy atom. The van der Waals surface area contributed by atoms with Gasteiger partial charge >= 0.3 is 5.97 Å². The molecular weight excluding hydrogens is 584 g/mol. The van der Waals surface area contributed by atoms with E-state index < -0.39 is 29.9 Å². The molecule has 0 saturated carbocycles. The lowest BCUT2D eigenvalue weighted by Gasteiger charge is -2.27. The maximum absolute atomic E-state index is 14.2. The molecule has 2 amide bonds. The number of hydrogen-bond acceptors (Lipinski definition) is 5. The molecule has 4 aromatic rings. The molecule has 0 fully saturated rings. The second kappa shape index (κ2) is 14.9. The number of hydrogen-bond donors (Lipinski definition) is 3. The van der Waals surface area contributed by atoms with Gasteiger partial charge in [0, 0.05) is 17.7 Å². The molecular formula is C36H34N4O4S. The van der Waals surface area contributed by atoms with Gasteiger partial charge in [-0.3, -0.25) is 19.3 Å². The van der Waals surface area contributed by atoms with Crippen molar-refractivity contribution in [2.75, 3.05) is 23.4 Å². The number of para-hydroxylation sites is 2. The average Bonchev–Trinajstić information content (AvgIpc) is 3.16. The maximum Gasteiger partial charge on any atom is 0.326 e. The van der Waals surface area contributed by atoms with Gasteiger partial charge in [-0.05, 0) is 60.1 Å². The summed E-state index contributed by atoms with van der Waals surface area (Å²) in [4.78, 5) is 42.3. The van der Waals surface area contributed by atoms with Crippen molar-refractivity contribution in [2.45, 2.75) is 25.4 Å². The van der Waals surface area contributed by atoms with Crippen molar-refractivity contribution in [1.82, 2.24) is 10.6 Å². The minimum absolute atomic E-state index is 0.181. The van der Waals surface area contributed by atoms with Crippen LogP contribution in [-0.4, -0.2) is 48.1 Å². The Hall–Kier alpha value is -5.28. The van der Waals surface area contributed by atoms with E-state index in [4.69, 9.17) is 17.0 Å². The van der Waals surface area contributed by atoms with Crippen molar-refractivity contribution in [2.24, 2.45) is 0 Å². The van der Waals surface area contributed by atoms with Crippen LogP contribution in [0, 0.1) is 0 Å². The highest BCUT2D eigenvalue weighted by Crippen LogP contribution is 2.35.